The zero-order valence-corrected chi connectivity index (χ0v) is 21.0. The van der Waals surface area contributed by atoms with E-state index in [4.69, 9.17) is 4.21 Å². The third kappa shape index (κ3) is 3.96. The molecule has 2 atom stereocenters. The summed E-state index contributed by atoms with van der Waals surface area (Å²) < 4.78 is 5.99. The van der Waals surface area contributed by atoms with Crippen LogP contribution < -0.4 is 24.8 Å². The van der Waals surface area contributed by atoms with Crippen molar-refractivity contribution < 1.29 is 46.1 Å². The van der Waals surface area contributed by atoms with Gasteiger partial charge in [-0.2, -0.15) is 0 Å². The molecule has 4 aliphatic rings. The van der Waals surface area contributed by atoms with Gasteiger partial charge in [0.2, 0.25) is 0 Å². The molecule has 0 aliphatic heterocycles. The second kappa shape index (κ2) is 8.55. The maximum absolute atomic E-state index is 4.86. The van der Waals surface area contributed by atoms with E-state index in [1.807, 2.05) is 0 Å². The Morgan fingerprint density at radius 3 is 1.46 bits per heavy atom. The molecule has 0 nitrogen and oxygen atoms in total. The number of hydrogen-bond acceptors (Lipinski definition) is 0. The largest absolute Gasteiger partial charge is 1.00 e. The van der Waals surface area contributed by atoms with E-state index in [9.17, 15) is 0 Å². The average Bonchev–Trinajstić information content (AvgIpc) is 3.13. The second-order valence-electron chi connectivity index (χ2n) is 8.87. The number of rotatable bonds is 2. The number of halogens is 2. The molecule has 0 aromatic rings. The van der Waals surface area contributed by atoms with Gasteiger partial charge in [0.1, 0.15) is 0 Å². The van der Waals surface area contributed by atoms with Crippen molar-refractivity contribution in [2.75, 3.05) is 0 Å². The molecule has 0 spiro atoms. The van der Waals surface area contributed by atoms with Crippen LogP contribution in [0.2, 0.25) is 7.25 Å². The molecule has 4 aliphatic carbocycles. The summed E-state index contributed by atoms with van der Waals surface area (Å²) in [5, 5.41) is 0. The minimum Gasteiger partial charge on any atom is -1.00 e. The molecular weight excluding hydrogens is 462 g/mol. The Labute approximate surface area is 190 Å². The van der Waals surface area contributed by atoms with Gasteiger partial charge < -0.3 is 24.8 Å². The third-order valence-electron chi connectivity index (χ3n) is 6.19. The molecule has 3 heteroatoms. The van der Waals surface area contributed by atoms with Crippen LogP contribution in [0.4, 0.5) is 0 Å². The standard InChI is InChI=1S/2C12H13.CH2.2ClH.Zr/c2*1-12(2)9-4-3-6-10-7-5-8-11(10)12;;;;/h2*3-9H,1-2H3;1H2;2*1H;/q;;;;;+2/p-2. The fourth-order valence-corrected chi connectivity index (χ4v) is 10.5. The van der Waals surface area contributed by atoms with Crippen LogP contribution in [0.15, 0.2) is 95.2 Å². The van der Waals surface area contributed by atoms with E-state index in [2.05, 4.69) is 101 Å². The van der Waals surface area contributed by atoms with Gasteiger partial charge in [-0.1, -0.05) is 0 Å². The van der Waals surface area contributed by atoms with E-state index in [1.165, 1.54) is 22.3 Å². The van der Waals surface area contributed by atoms with Crippen molar-refractivity contribution in [3.05, 3.63) is 95.2 Å². The monoisotopic (exact) mass is 488 g/mol. The van der Waals surface area contributed by atoms with Crippen molar-refractivity contribution in [2.24, 2.45) is 10.8 Å². The zero-order valence-electron chi connectivity index (χ0n) is 17.0. The van der Waals surface area contributed by atoms with E-state index < -0.39 is 21.3 Å². The van der Waals surface area contributed by atoms with Crippen molar-refractivity contribution in [1.82, 2.24) is 0 Å². The Bertz CT molecular complexity index is 840. The minimum absolute atomic E-state index is 0. The molecule has 0 aromatic carbocycles. The molecule has 0 saturated heterocycles. The van der Waals surface area contributed by atoms with Crippen LogP contribution in [0.1, 0.15) is 27.7 Å². The summed E-state index contributed by atoms with van der Waals surface area (Å²) >= 11 is -2.03. The summed E-state index contributed by atoms with van der Waals surface area (Å²) in [5.74, 6) is 0. The maximum atomic E-state index is 4.86. The van der Waals surface area contributed by atoms with Gasteiger partial charge >= 0.3 is 166 Å². The normalized spacial score (nSPS) is 27.4. The Kier molecular flexibility index (Phi) is 7.18. The van der Waals surface area contributed by atoms with Gasteiger partial charge in [-0.25, -0.2) is 0 Å². The van der Waals surface area contributed by atoms with Crippen molar-refractivity contribution in [3.63, 3.8) is 0 Å². The summed E-state index contributed by atoms with van der Waals surface area (Å²) in [6.07, 6.45) is 27.9. The molecule has 146 valence electrons. The number of allylic oxidation sites excluding steroid dienone is 16. The summed E-state index contributed by atoms with van der Waals surface area (Å²) in [4.78, 5) is 0. The second-order valence-corrected chi connectivity index (χ2v) is 14.8. The van der Waals surface area contributed by atoms with Crippen LogP contribution in [0.3, 0.4) is 0 Å². The van der Waals surface area contributed by atoms with Crippen LogP contribution in [-0.4, -0.2) is 4.21 Å². The van der Waals surface area contributed by atoms with Crippen LogP contribution in [-0.2, 0) is 21.3 Å². The molecule has 0 N–H and O–H groups in total. The Balaban J connectivity index is 0.00000140. The van der Waals surface area contributed by atoms with Gasteiger partial charge in [0, 0.05) is 0 Å². The maximum Gasteiger partial charge on any atom is -1.00 e. The SMILES string of the molecule is [CH2]=[Zr+2]([CH]1C=CC2=C1C=CC=CC2(C)C)[CH]1C=CC2=C1C=CC=CC2(C)C.[Cl-].[Cl-]. The fourth-order valence-electron chi connectivity index (χ4n) is 4.61. The number of hydrogen-bond donors (Lipinski definition) is 0. The molecule has 28 heavy (non-hydrogen) atoms. The van der Waals surface area contributed by atoms with Gasteiger partial charge in [-0.15, -0.1) is 0 Å². The molecule has 2 unspecified atom stereocenters. The van der Waals surface area contributed by atoms with Gasteiger partial charge in [-0.05, 0) is 0 Å². The summed E-state index contributed by atoms with van der Waals surface area (Å²) in [6.45, 7) is 9.29. The first kappa shape index (κ1) is 23.5. The average molecular weight is 491 g/mol. The van der Waals surface area contributed by atoms with E-state index >= 15 is 0 Å². The smallest absolute Gasteiger partial charge is 1.00 e. The molecule has 0 aromatic heterocycles. The van der Waals surface area contributed by atoms with Crippen molar-refractivity contribution in [1.29, 1.82) is 0 Å². The molecule has 0 amide bonds. The first-order chi connectivity index (χ1) is 12.3. The van der Waals surface area contributed by atoms with Gasteiger partial charge in [0.25, 0.3) is 0 Å². The molecular formula is C25H28Cl2Zr. The van der Waals surface area contributed by atoms with Gasteiger partial charge in [-0.3, -0.25) is 0 Å². The molecule has 0 bridgehead atoms. The Hall–Kier alpha value is -0.747. The van der Waals surface area contributed by atoms with Crippen LogP contribution >= 0.6 is 0 Å². The predicted molar refractivity (Wildman–Crippen MR) is 111 cm³/mol. The van der Waals surface area contributed by atoms with Crippen molar-refractivity contribution >= 4 is 4.21 Å². The fraction of sp³-hybridized carbons (Fsp3) is 0.320. The molecule has 0 heterocycles. The molecule has 0 radical (unpaired) electrons. The van der Waals surface area contributed by atoms with E-state index in [0.29, 0.717) is 7.25 Å². The minimum atomic E-state index is -2.03. The first-order valence-corrected chi connectivity index (χ1v) is 14.2. The molecule has 0 fully saturated rings. The topological polar surface area (TPSA) is 0 Å². The molecule has 4 rings (SSSR count). The van der Waals surface area contributed by atoms with Crippen LogP contribution in [0, 0.1) is 10.8 Å². The first-order valence-electron chi connectivity index (χ1n) is 9.57. The third-order valence-corrected chi connectivity index (χ3v) is 12.6. The van der Waals surface area contributed by atoms with Gasteiger partial charge in [0.05, 0.1) is 0 Å². The Morgan fingerprint density at radius 1 is 0.679 bits per heavy atom. The zero-order chi connectivity index (χ0) is 18.5. The summed E-state index contributed by atoms with van der Waals surface area (Å²) in [5.41, 5.74) is 6.26. The molecule has 0 saturated carbocycles. The summed E-state index contributed by atoms with van der Waals surface area (Å²) in [7, 11) is 0. The quantitative estimate of drug-likeness (QED) is 0.534. The summed E-state index contributed by atoms with van der Waals surface area (Å²) in [6, 6.07) is 0. The Morgan fingerprint density at radius 2 is 1.07 bits per heavy atom. The van der Waals surface area contributed by atoms with Gasteiger partial charge in [0.15, 0.2) is 0 Å². The van der Waals surface area contributed by atoms with Crippen LogP contribution in [0.5, 0.6) is 0 Å². The van der Waals surface area contributed by atoms with E-state index in [1.54, 1.807) is 0 Å². The van der Waals surface area contributed by atoms with Crippen LogP contribution in [0.25, 0.3) is 0 Å². The van der Waals surface area contributed by atoms with E-state index in [0.717, 1.165) is 0 Å². The van der Waals surface area contributed by atoms with Crippen molar-refractivity contribution in [2.45, 2.75) is 34.9 Å². The van der Waals surface area contributed by atoms with Crippen molar-refractivity contribution in [3.8, 4) is 0 Å². The van der Waals surface area contributed by atoms with E-state index in [-0.39, 0.29) is 35.6 Å². The predicted octanol–water partition coefficient (Wildman–Crippen LogP) is 0.659.